The number of benzene rings is 1. The van der Waals surface area contributed by atoms with Gasteiger partial charge in [0.25, 0.3) is 0 Å². The van der Waals surface area contributed by atoms with Crippen molar-refractivity contribution in [3.05, 3.63) is 29.3 Å². The molecule has 0 aliphatic rings. The first-order valence-electron chi connectivity index (χ1n) is 2.38. The van der Waals surface area contributed by atoms with Crippen molar-refractivity contribution >= 4 is 34.1 Å². The molecule has 0 saturated carbocycles. The smallest absolute Gasteiger partial charge is 0.0406 e. The second-order valence-electron chi connectivity index (χ2n) is 1.54. The van der Waals surface area contributed by atoms with Gasteiger partial charge in [0.05, 0.1) is 0 Å². The van der Waals surface area contributed by atoms with E-state index in [0.717, 1.165) is 9.92 Å². The zero-order valence-corrected chi connectivity index (χ0v) is 6.89. The van der Waals surface area contributed by atoms with E-state index in [2.05, 4.69) is 0 Å². The molecule has 1 aromatic carbocycles. The number of rotatable bonds is 1. The standard InChI is InChI=1S/C6H5ClS2/c7-5-1-3-6(9-8)4-2-5/h1-4,8H/p-1. The minimum Gasteiger partial charge on any atom is -0.714 e. The monoisotopic (exact) mass is 175 g/mol. The second-order valence-corrected chi connectivity index (χ2v) is 3.11. The van der Waals surface area contributed by atoms with Crippen LogP contribution in [0.1, 0.15) is 0 Å². The average molecular weight is 176 g/mol. The van der Waals surface area contributed by atoms with Gasteiger partial charge in [0, 0.05) is 5.02 Å². The predicted molar refractivity (Wildman–Crippen MR) is 44.7 cm³/mol. The Morgan fingerprint density at radius 3 is 2.22 bits per heavy atom. The molecular formula is C6H4ClS2-. The van der Waals surface area contributed by atoms with Crippen molar-refractivity contribution in [2.24, 2.45) is 0 Å². The molecule has 0 saturated heterocycles. The summed E-state index contributed by atoms with van der Waals surface area (Å²) in [5, 5.41) is 0.753. The van der Waals surface area contributed by atoms with Crippen molar-refractivity contribution in [2.45, 2.75) is 4.90 Å². The van der Waals surface area contributed by atoms with Gasteiger partial charge in [-0.25, -0.2) is 0 Å². The Hall–Kier alpha value is 0.210. The van der Waals surface area contributed by atoms with Crippen molar-refractivity contribution < 1.29 is 0 Å². The molecule has 0 atom stereocenters. The summed E-state index contributed by atoms with van der Waals surface area (Å²) < 4.78 is 0. The van der Waals surface area contributed by atoms with Gasteiger partial charge in [-0.05, 0) is 29.2 Å². The van der Waals surface area contributed by atoms with Crippen LogP contribution >= 0.6 is 22.4 Å². The van der Waals surface area contributed by atoms with E-state index in [0.29, 0.717) is 0 Å². The van der Waals surface area contributed by atoms with Crippen LogP contribution < -0.4 is 0 Å². The summed E-state index contributed by atoms with van der Waals surface area (Å²) in [5.74, 6) is 0. The van der Waals surface area contributed by atoms with E-state index in [1.54, 1.807) is 0 Å². The SMILES string of the molecule is [S-]Sc1ccc(Cl)cc1. The summed E-state index contributed by atoms with van der Waals surface area (Å²) in [7, 11) is 1.30. The fraction of sp³-hybridized carbons (Fsp3) is 0. The largest absolute Gasteiger partial charge is 0.714 e. The number of hydrogen-bond donors (Lipinski definition) is 0. The Morgan fingerprint density at radius 2 is 1.78 bits per heavy atom. The normalized spacial score (nSPS) is 9.56. The molecule has 48 valence electrons. The fourth-order valence-corrected chi connectivity index (χ4v) is 1.20. The molecule has 0 fully saturated rings. The first-order chi connectivity index (χ1) is 4.33. The third kappa shape index (κ3) is 2.12. The average Bonchev–Trinajstić information content (AvgIpc) is 1.90. The quantitative estimate of drug-likeness (QED) is 0.476. The molecule has 0 N–H and O–H groups in total. The molecule has 0 amide bonds. The van der Waals surface area contributed by atoms with Crippen LogP contribution in [0.2, 0.25) is 5.02 Å². The van der Waals surface area contributed by atoms with E-state index in [4.69, 9.17) is 23.3 Å². The molecule has 1 rings (SSSR count). The van der Waals surface area contributed by atoms with Crippen LogP contribution in [0.5, 0.6) is 0 Å². The maximum atomic E-state index is 5.63. The predicted octanol–water partition coefficient (Wildman–Crippen LogP) is 2.89. The minimum atomic E-state index is 0.753. The molecule has 9 heavy (non-hydrogen) atoms. The summed E-state index contributed by atoms with van der Waals surface area (Å²) in [6.07, 6.45) is 0. The lowest BCUT2D eigenvalue weighted by molar-refractivity contribution is 1.48. The first-order valence-corrected chi connectivity index (χ1v) is 4.50. The molecule has 0 spiro atoms. The van der Waals surface area contributed by atoms with Crippen molar-refractivity contribution in [3.63, 3.8) is 0 Å². The van der Waals surface area contributed by atoms with Crippen molar-refractivity contribution in [1.82, 2.24) is 0 Å². The Kier molecular flexibility index (Phi) is 2.76. The lowest BCUT2D eigenvalue weighted by Crippen LogP contribution is -1.65. The van der Waals surface area contributed by atoms with Crippen molar-refractivity contribution in [2.75, 3.05) is 0 Å². The van der Waals surface area contributed by atoms with Gasteiger partial charge in [0.15, 0.2) is 0 Å². The lowest BCUT2D eigenvalue weighted by Gasteiger charge is -2.02. The van der Waals surface area contributed by atoms with E-state index in [1.807, 2.05) is 24.3 Å². The molecule has 0 radical (unpaired) electrons. The van der Waals surface area contributed by atoms with E-state index in [-0.39, 0.29) is 0 Å². The Balaban J connectivity index is 2.88. The molecule has 3 heteroatoms. The van der Waals surface area contributed by atoms with Crippen molar-refractivity contribution in [1.29, 1.82) is 0 Å². The Morgan fingerprint density at radius 1 is 1.22 bits per heavy atom. The number of hydrogen-bond acceptors (Lipinski definition) is 2. The first kappa shape index (κ1) is 7.32. The lowest BCUT2D eigenvalue weighted by atomic mass is 10.4. The third-order valence-corrected chi connectivity index (χ3v) is 2.20. The summed E-state index contributed by atoms with van der Waals surface area (Å²) in [6, 6.07) is 7.46. The zero-order valence-electron chi connectivity index (χ0n) is 4.50. The maximum Gasteiger partial charge on any atom is 0.0406 e. The summed E-state index contributed by atoms with van der Waals surface area (Å²) in [4.78, 5) is 1.06. The highest BCUT2D eigenvalue weighted by Gasteiger charge is 1.83. The van der Waals surface area contributed by atoms with Gasteiger partial charge in [-0.15, -0.1) is 0 Å². The molecule has 0 aliphatic carbocycles. The summed E-state index contributed by atoms with van der Waals surface area (Å²) in [5.41, 5.74) is 0. The van der Waals surface area contributed by atoms with Crippen LogP contribution in [-0.4, -0.2) is 0 Å². The van der Waals surface area contributed by atoms with Gasteiger partial charge < -0.3 is 11.7 Å². The summed E-state index contributed by atoms with van der Waals surface area (Å²) in [6.45, 7) is 0. The van der Waals surface area contributed by atoms with Crippen LogP contribution in [0, 0.1) is 0 Å². The van der Waals surface area contributed by atoms with E-state index < -0.39 is 0 Å². The summed E-state index contributed by atoms with van der Waals surface area (Å²) >= 11 is 10.4. The Labute approximate surface area is 68.4 Å². The molecule has 0 aliphatic heterocycles. The zero-order chi connectivity index (χ0) is 6.69. The Bertz CT molecular complexity index is 183. The molecule has 0 nitrogen and oxygen atoms in total. The van der Waals surface area contributed by atoms with Gasteiger partial charge in [-0.3, -0.25) is 10.8 Å². The van der Waals surface area contributed by atoms with Gasteiger partial charge in [0.1, 0.15) is 0 Å². The molecule has 0 aromatic heterocycles. The van der Waals surface area contributed by atoms with Crippen LogP contribution in [0.25, 0.3) is 0 Å². The van der Waals surface area contributed by atoms with Gasteiger partial charge in [0.2, 0.25) is 0 Å². The van der Waals surface area contributed by atoms with Crippen molar-refractivity contribution in [3.8, 4) is 0 Å². The molecule has 1 aromatic rings. The highest BCUT2D eigenvalue weighted by atomic mass is 35.5. The minimum absolute atomic E-state index is 0.753. The molecule has 0 heterocycles. The third-order valence-electron chi connectivity index (χ3n) is 0.910. The molecule has 0 bridgehead atoms. The van der Waals surface area contributed by atoms with Crippen LogP contribution in [0.15, 0.2) is 29.2 Å². The van der Waals surface area contributed by atoms with E-state index in [9.17, 15) is 0 Å². The van der Waals surface area contributed by atoms with E-state index >= 15 is 0 Å². The fourth-order valence-electron chi connectivity index (χ4n) is 0.490. The second kappa shape index (κ2) is 3.40. The van der Waals surface area contributed by atoms with E-state index in [1.165, 1.54) is 10.8 Å². The van der Waals surface area contributed by atoms with Gasteiger partial charge >= 0.3 is 0 Å². The van der Waals surface area contributed by atoms with Crippen LogP contribution in [0.4, 0.5) is 0 Å². The number of halogens is 1. The maximum absolute atomic E-state index is 5.63. The topological polar surface area (TPSA) is 0 Å². The van der Waals surface area contributed by atoms with Crippen LogP contribution in [0.3, 0.4) is 0 Å². The van der Waals surface area contributed by atoms with Gasteiger partial charge in [-0.1, -0.05) is 11.6 Å². The highest BCUT2D eigenvalue weighted by molar-refractivity contribution is 8.59. The highest BCUT2D eigenvalue weighted by Crippen LogP contribution is 2.17. The molecule has 0 unspecified atom stereocenters. The molecular weight excluding hydrogens is 172 g/mol. The van der Waals surface area contributed by atoms with Gasteiger partial charge in [-0.2, -0.15) is 0 Å². The van der Waals surface area contributed by atoms with Crippen LogP contribution in [-0.2, 0) is 11.7 Å².